The molecule has 0 saturated carbocycles. The summed E-state index contributed by atoms with van der Waals surface area (Å²) in [5.41, 5.74) is 8.95. The summed E-state index contributed by atoms with van der Waals surface area (Å²) in [6.07, 6.45) is 0. The summed E-state index contributed by atoms with van der Waals surface area (Å²) >= 11 is 0. The Balaban J connectivity index is 1.04. The minimum absolute atomic E-state index is 0.0318. The monoisotopic (exact) mass is 1230 g/mol. The van der Waals surface area contributed by atoms with Gasteiger partial charge in [0.05, 0.1) is 96.5 Å². The molecular formula is C76H80N8O8. The van der Waals surface area contributed by atoms with Crippen molar-refractivity contribution >= 4 is 44.1 Å². The second-order valence-corrected chi connectivity index (χ2v) is 29.3. The molecule has 1 aliphatic rings. The molecule has 16 nitrogen and oxygen atoms in total. The van der Waals surface area contributed by atoms with Crippen molar-refractivity contribution in [2.75, 3.05) is 0 Å². The van der Waals surface area contributed by atoms with E-state index in [1.807, 2.05) is 146 Å². The molecule has 0 spiro atoms. The number of aromatic hydroxyl groups is 4. The van der Waals surface area contributed by atoms with E-state index in [4.69, 9.17) is 0 Å². The van der Waals surface area contributed by atoms with E-state index in [9.17, 15) is 20.4 Å². The standard InChI is InChI=1S/C76H80N8O8/c1-73(2,3)53-29-45-37-77-57-21-13-15-23-59(57)79(69(77)89)39-47-31-54(74(4,5)6)33-49(66(47)86)41-81-61-25-17-19-27-63(61)83(71(81)91)43-51-35-56(76(10,11)12)36-52(68(51)88)44-84-64-28-20-18-26-62(64)82(72(84)92)42-50-34-55(75(7,8)9)32-48(67(50)87)40-80-60-24-16-14-22-58(60)78(70(80)90)38-46(30-53)65(45)85/h13-36,85-88H,37-44H2,1-12H3. The highest BCUT2D eigenvalue weighted by molar-refractivity contribution is 5.79. The third-order valence-electron chi connectivity index (χ3n) is 18.9. The van der Waals surface area contributed by atoms with Gasteiger partial charge in [-0.1, -0.05) is 132 Å². The molecule has 16 bridgehead atoms. The Morgan fingerprint density at radius 3 is 0.467 bits per heavy atom. The molecule has 0 aliphatic carbocycles. The SMILES string of the molecule is CC(C)(C)c1cc2c(O)c(c1)Cn1c(=O)n(c3ccccc31)Cc1cc(C(C)(C)C)cc(c1O)Cn1c(=O)n(c3ccccc31)Cc1cc(C(C)(C)C)cc(c1O)Cn1c(=O)n(c3ccccc31)Cc1cc(C(C)(C)C)cc(c1O)Cn1c(=O)n(c3ccccc31)C2. The molecule has 8 aromatic carbocycles. The van der Waals surface area contributed by atoms with Gasteiger partial charge in [0.2, 0.25) is 0 Å². The highest BCUT2D eigenvalue weighted by Gasteiger charge is 2.29. The predicted octanol–water partition coefficient (Wildman–Crippen LogP) is 12.9. The fraction of sp³-hybridized carbons (Fsp3) is 0.316. The van der Waals surface area contributed by atoms with Crippen LogP contribution in [0.5, 0.6) is 23.0 Å². The Kier molecular flexibility index (Phi) is 14.5. The number of phenols is 4. The van der Waals surface area contributed by atoms with Gasteiger partial charge in [-0.15, -0.1) is 0 Å². The van der Waals surface area contributed by atoms with E-state index < -0.39 is 21.7 Å². The predicted molar refractivity (Wildman–Crippen MR) is 365 cm³/mol. The second kappa shape index (κ2) is 21.9. The van der Waals surface area contributed by atoms with Gasteiger partial charge in [-0.25, -0.2) is 19.2 Å². The Morgan fingerprint density at radius 1 is 0.239 bits per heavy atom. The van der Waals surface area contributed by atoms with Gasteiger partial charge in [0.1, 0.15) is 23.0 Å². The van der Waals surface area contributed by atoms with E-state index in [2.05, 4.69) is 83.1 Å². The van der Waals surface area contributed by atoms with E-state index in [0.717, 1.165) is 22.3 Å². The molecule has 0 radical (unpaired) electrons. The highest BCUT2D eigenvalue weighted by atomic mass is 16.3. The summed E-state index contributed by atoms with van der Waals surface area (Å²) in [4.78, 5) is 61.3. The first-order valence-corrected chi connectivity index (χ1v) is 31.6. The average molecular weight is 1230 g/mol. The lowest BCUT2D eigenvalue weighted by Crippen LogP contribution is -2.27. The van der Waals surface area contributed by atoms with Crippen molar-refractivity contribution in [1.82, 2.24) is 36.5 Å². The summed E-state index contributed by atoms with van der Waals surface area (Å²) < 4.78 is 13.1. The number of hydrogen-bond donors (Lipinski definition) is 4. The van der Waals surface area contributed by atoms with Crippen LogP contribution in [-0.2, 0) is 74.0 Å². The van der Waals surface area contributed by atoms with Crippen LogP contribution in [0.2, 0.25) is 0 Å². The van der Waals surface area contributed by atoms with Crippen LogP contribution < -0.4 is 22.8 Å². The Labute approximate surface area is 533 Å². The van der Waals surface area contributed by atoms with E-state index in [1.165, 1.54) is 0 Å². The quantitative estimate of drug-likeness (QED) is 0.115. The first kappa shape index (κ1) is 60.9. The smallest absolute Gasteiger partial charge is 0.329 e. The van der Waals surface area contributed by atoms with Gasteiger partial charge >= 0.3 is 22.8 Å². The van der Waals surface area contributed by atoms with Gasteiger partial charge in [0.25, 0.3) is 0 Å². The molecule has 1 aliphatic heterocycles. The fourth-order valence-electron chi connectivity index (χ4n) is 13.4. The zero-order chi connectivity index (χ0) is 65.4. The molecule has 13 rings (SSSR count). The molecule has 0 atom stereocenters. The summed E-state index contributed by atoms with van der Waals surface area (Å²) in [6.45, 7) is 24.7. The number of imidazole rings is 4. The number of rotatable bonds is 0. The van der Waals surface area contributed by atoms with Crippen LogP contribution in [0.4, 0.5) is 0 Å². The summed E-state index contributed by atoms with van der Waals surface area (Å²) in [5, 5.41) is 50.5. The molecule has 92 heavy (non-hydrogen) atoms. The van der Waals surface area contributed by atoms with E-state index >= 15 is 19.2 Å². The number of aromatic nitrogens is 8. The lowest BCUT2D eigenvalue weighted by Gasteiger charge is -2.23. The molecular weight excluding hydrogens is 1150 g/mol. The number of benzene rings is 8. The molecule has 4 N–H and O–H groups in total. The molecule has 5 heterocycles. The van der Waals surface area contributed by atoms with Crippen molar-refractivity contribution in [3.05, 3.63) is 254 Å². The first-order valence-electron chi connectivity index (χ1n) is 31.6. The molecule has 16 heteroatoms. The van der Waals surface area contributed by atoms with Crippen LogP contribution in [0.3, 0.4) is 0 Å². The van der Waals surface area contributed by atoms with E-state index in [1.54, 1.807) is 36.5 Å². The van der Waals surface area contributed by atoms with Crippen molar-refractivity contribution in [2.24, 2.45) is 0 Å². The van der Waals surface area contributed by atoms with Crippen molar-refractivity contribution in [1.29, 1.82) is 0 Å². The van der Waals surface area contributed by atoms with Crippen molar-refractivity contribution < 1.29 is 20.4 Å². The maximum atomic E-state index is 15.3. The minimum Gasteiger partial charge on any atom is -0.507 e. The van der Waals surface area contributed by atoms with Gasteiger partial charge in [-0.3, -0.25) is 36.5 Å². The summed E-state index contributed by atoms with van der Waals surface area (Å²) in [5.74, 6) is -0.261. The number of hydrogen-bond acceptors (Lipinski definition) is 8. The minimum atomic E-state index is -0.435. The van der Waals surface area contributed by atoms with Crippen molar-refractivity contribution in [3.8, 4) is 23.0 Å². The second-order valence-electron chi connectivity index (χ2n) is 29.3. The number of phenolic OH excluding ortho intramolecular Hbond substituents is 4. The number of para-hydroxylation sites is 8. The Bertz CT molecular complexity index is 4330. The van der Waals surface area contributed by atoms with Crippen molar-refractivity contribution in [3.63, 3.8) is 0 Å². The van der Waals surface area contributed by atoms with E-state index in [-0.39, 0.29) is 98.1 Å². The maximum Gasteiger partial charge on any atom is 0.329 e. The third-order valence-corrected chi connectivity index (χ3v) is 18.9. The highest BCUT2D eigenvalue weighted by Crippen LogP contribution is 2.39. The molecule has 4 aromatic heterocycles. The van der Waals surface area contributed by atoms with Crippen LogP contribution in [0.1, 0.15) is 150 Å². The summed E-state index contributed by atoms with van der Waals surface area (Å²) in [6, 6.07) is 45.3. The average Bonchev–Trinajstić information content (AvgIpc) is 1.59. The molecule has 0 amide bonds. The van der Waals surface area contributed by atoms with E-state index in [0.29, 0.717) is 88.6 Å². The lowest BCUT2D eigenvalue weighted by molar-refractivity contribution is 0.452. The molecule has 472 valence electrons. The van der Waals surface area contributed by atoms with Gasteiger partial charge in [0.15, 0.2) is 0 Å². The number of fused-ring (bicyclic) bond motifs is 28. The first-order chi connectivity index (χ1) is 43.4. The normalized spacial score (nSPS) is 13.9. The third kappa shape index (κ3) is 10.5. The van der Waals surface area contributed by atoms with Gasteiger partial charge < -0.3 is 20.4 Å². The van der Waals surface area contributed by atoms with Gasteiger partial charge in [-0.2, -0.15) is 0 Å². The van der Waals surface area contributed by atoms with Gasteiger partial charge in [0, 0.05) is 44.5 Å². The van der Waals surface area contributed by atoms with Crippen LogP contribution >= 0.6 is 0 Å². The van der Waals surface area contributed by atoms with Crippen LogP contribution in [-0.4, -0.2) is 57.0 Å². The lowest BCUT2D eigenvalue weighted by atomic mass is 9.84. The maximum absolute atomic E-state index is 15.3. The Morgan fingerprint density at radius 2 is 0.359 bits per heavy atom. The topological polar surface area (TPSA) is 189 Å². The fourth-order valence-corrected chi connectivity index (χ4v) is 13.4. The number of nitrogens with zero attached hydrogens (tertiary/aromatic N) is 8. The van der Waals surface area contributed by atoms with Gasteiger partial charge in [-0.05, 0) is 141 Å². The molecule has 12 aromatic rings. The van der Waals surface area contributed by atoms with Crippen LogP contribution in [0.25, 0.3) is 44.1 Å². The van der Waals surface area contributed by atoms with Crippen LogP contribution in [0, 0.1) is 0 Å². The Hall–Kier alpha value is -9.96. The zero-order valence-electron chi connectivity index (χ0n) is 54.5. The molecule has 0 fully saturated rings. The molecule has 0 unspecified atom stereocenters. The summed E-state index contributed by atoms with van der Waals surface area (Å²) in [7, 11) is 0. The van der Waals surface area contributed by atoms with Crippen LogP contribution in [0.15, 0.2) is 165 Å². The largest absolute Gasteiger partial charge is 0.507 e. The van der Waals surface area contributed by atoms with Crippen molar-refractivity contribution in [2.45, 2.75) is 157 Å². The zero-order valence-corrected chi connectivity index (χ0v) is 54.5. The molecule has 0 saturated heterocycles.